The number of aromatic nitrogens is 1. The molecule has 0 saturated heterocycles. The Labute approximate surface area is 251 Å². The maximum Gasteiger partial charge on any atom is 0.475 e. The van der Waals surface area contributed by atoms with Crippen LogP contribution in [0.3, 0.4) is 0 Å². The summed E-state index contributed by atoms with van der Waals surface area (Å²) in [5.41, 5.74) is 1.26. The second-order valence-electron chi connectivity index (χ2n) is 9.22. The summed E-state index contributed by atoms with van der Waals surface area (Å²) in [6, 6.07) is 13.0. The number of nitrogens with zero attached hydrogens (tertiary/aromatic N) is 2. The minimum atomic E-state index is -4.25. The van der Waals surface area contributed by atoms with Crippen LogP contribution in [0, 0.1) is 12.7 Å². The first-order chi connectivity index (χ1) is 20.5. The Morgan fingerprint density at radius 1 is 0.953 bits per heavy atom. The van der Waals surface area contributed by atoms with Crippen molar-refractivity contribution in [3.05, 3.63) is 76.9 Å². The van der Waals surface area contributed by atoms with Crippen molar-refractivity contribution in [2.24, 2.45) is 0 Å². The molecule has 1 aromatic heterocycles. The lowest BCUT2D eigenvalue weighted by molar-refractivity contribution is 0.0789. The van der Waals surface area contributed by atoms with Crippen LogP contribution in [-0.4, -0.2) is 55.8 Å². The minimum absolute atomic E-state index is 0.0340. The number of aryl methyl sites for hydroxylation is 1. The highest BCUT2D eigenvalue weighted by atomic mass is 31.2. The van der Waals surface area contributed by atoms with E-state index in [1.165, 1.54) is 17.0 Å². The molecule has 0 aliphatic rings. The average Bonchev–Trinajstić information content (AvgIpc) is 3.35. The van der Waals surface area contributed by atoms with Gasteiger partial charge in [0.1, 0.15) is 11.6 Å². The number of carbonyl (C=O) groups excluding carboxylic acids is 1. The summed E-state index contributed by atoms with van der Waals surface area (Å²) < 4.78 is 75.2. The molecule has 1 heterocycles. The molecule has 43 heavy (non-hydrogen) atoms. The molecule has 1 unspecified atom stereocenters. The van der Waals surface area contributed by atoms with Crippen molar-refractivity contribution in [1.29, 1.82) is 0 Å². The largest absolute Gasteiger partial charge is 0.475 e. The third-order valence-electron chi connectivity index (χ3n) is 6.16. The first-order valence-electron chi connectivity index (χ1n) is 14.0. The van der Waals surface area contributed by atoms with Gasteiger partial charge in [-0.25, -0.2) is 13.9 Å². The molecule has 0 bridgehead atoms. The molecule has 0 fully saturated rings. The Hall–Kier alpha value is -2.69. The van der Waals surface area contributed by atoms with Crippen molar-refractivity contribution in [1.82, 2.24) is 9.88 Å². The van der Waals surface area contributed by atoms with E-state index in [2.05, 4.69) is 4.98 Å². The van der Waals surface area contributed by atoms with Crippen molar-refractivity contribution >= 4 is 21.3 Å². The summed E-state index contributed by atoms with van der Waals surface area (Å²) >= 11 is 0. The molecule has 1 amide bonds. The molecule has 14 heteroatoms. The number of amides is 1. The van der Waals surface area contributed by atoms with Crippen LogP contribution < -0.4 is 0 Å². The Morgan fingerprint density at radius 2 is 1.56 bits per heavy atom. The van der Waals surface area contributed by atoms with Gasteiger partial charge in [-0.15, -0.1) is 0 Å². The van der Waals surface area contributed by atoms with E-state index < -0.39 is 33.0 Å². The van der Waals surface area contributed by atoms with Crippen LogP contribution in [-0.2, 0) is 38.2 Å². The second kappa shape index (κ2) is 15.9. The lowest BCUT2D eigenvalue weighted by Crippen LogP contribution is -2.29. The van der Waals surface area contributed by atoms with E-state index in [9.17, 15) is 13.9 Å². The monoisotopic (exact) mass is 640 g/mol. The zero-order chi connectivity index (χ0) is 31.6. The van der Waals surface area contributed by atoms with Crippen LogP contribution in [0.25, 0.3) is 11.5 Å². The van der Waals surface area contributed by atoms with Crippen molar-refractivity contribution in [3.63, 3.8) is 0 Å². The molecule has 1 atom stereocenters. The summed E-state index contributed by atoms with van der Waals surface area (Å²) in [6.45, 7) is 8.24. The summed E-state index contributed by atoms with van der Waals surface area (Å²) in [7, 11) is -6.88. The normalized spacial score (nSPS) is 12.8. The van der Waals surface area contributed by atoms with E-state index >= 15 is 4.39 Å². The zero-order valence-corrected chi connectivity index (χ0v) is 27.1. The number of hydrogen-bond acceptors (Lipinski definition) is 10. The van der Waals surface area contributed by atoms with Gasteiger partial charge in [-0.3, -0.25) is 22.9 Å². The van der Waals surface area contributed by atoms with Gasteiger partial charge in [-0.2, -0.15) is 0 Å². The van der Waals surface area contributed by atoms with Crippen molar-refractivity contribution in [2.45, 2.75) is 46.9 Å². The van der Waals surface area contributed by atoms with E-state index in [-0.39, 0.29) is 44.1 Å². The number of benzene rings is 2. The molecule has 0 N–H and O–H groups in total. The first kappa shape index (κ1) is 34.8. The SMILES string of the molecule is CCOP(=O)(OCC)OC(c1ccc(C(=O)N(C)CCc2nc(-c3ccccc3)oc2C)c(F)c1)P(=O)(OCC)OCC. The van der Waals surface area contributed by atoms with Crippen LogP contribution in [0.2, 0.25) is 0 Å². The highest BCUT2D eigenvalue weighted by molar-refractivity contribution is 7.55. The van der Waals surface area contributed by atoms with E-state index in [4.69, 9.17) is 27.0 Å². The maximum atomic E-state index is 15.5. The van der Waals surface area contributed by atoms with Crippen LogP contribution in [0.1, 0.15) is 60.9 Å². The number of rotatable bonds is 17. The van der Waals surface area contributed by atoms with Crippen molar-refractivity contribution in [3.8, 4) is 11.5 Å². The predicted molar refractivity (Wildman–Crippen MR) is 159 cm³/mol. The molecule has 236 valence electrons. The number of halogens is 1. The molecular weight excluding hydrogens is 601 g/mol. The molecule has 3 rings (SSSR count). The zero-order valence-electron chi connectivity index (χ0n) is 25.3. The summed E-state index contributed by atoms with van der Waals surface area (Å²) in [6.07, 6.45) is 0.385. The van der Waals surface area contributed by atoms with Gasteiger partial charge in [0.2, 0.25) is 5.89 Å². The number of likely N-dealkylation sites (N-methyl/N-ethyl adjacent to an activating group) is 1. The highest BCUT2D eigenvalue weighted by Crippen LogP contribution is 2.67. The molecule has 11 nitrogen and oxygen atoms in total. The minimum Gasteiger partial charge on any atom is -0.441 e. The number of carbonyl (C=O) groups is 1. The van der Waals surface area contributed by atoms with Crippen LogP contribution in [0.15, 0.2) is 52.9 Å². The Bertz CT molecular complexity index is 1430. The molecule has 2 aromatic carbocycles. The van der Waals surface area contributed by atoms with Gasteiger partial charge in [-0.1, -0.05) is 24.3 Å². The third kappa shape index (κ3) is 8.92. The number of oxazole rings is 1. The Balaban J connectivity index is 1.84. The smallest absolute Gasteiger partial charge is 0.441 e. The van der Waals surface area contributed by atoms with E-state index in [1.807, 2.05) is 30.3 Å². The summed E-state index contributed by atoms with van der Waals surface area (Å²) in [4.78, 5) is 19.1. The number of hydrogen-bond donors (Lipinski definition) is 0. The lowest BCUT2D eigenvalue weighted by atomic mass is 10.1. The molecule has 0 saturated carbocycles. The standard InChI is InChI=1S/C29H39FN2O9P2/c1-7-36-42(34,37-8-2)29(41-43(35,38-9-3)39-10-4)23-16-17-24(25(30)20-23)28(33)32(6)19-18-26-21(5)40-27(31-26)22-14-12-11-13-15-22/h11-17,20,29H,7-10,18-19H2,1-6H3. The van der Waals surface area contributed by atoms with Crippen molar-refractivity contribution in [2.75, 3.05) is 40.0 Å². The van der Waals surface area contributed by atoms with E-state index in [0.29, 0.717) is 23.8 Å². The molecule has 0 radical (unpaired) electrons. The molecule has 0 aliphatic heterocycles. The highest BCUT2D eigenvalue weighted by Gasteiger charge is 2.44. The van der Waals surface area contributed by atoms with Gasteiger partial charge >= 0.3 is 15.4 Å². The number of phosphoric ester groups is 1. The molecule has 3 aromatic rings. The fourth-order valence-corrected chi connectivity index (χ4v) is 7.77. The first-order valence-corrected chi connectivity index (χ1v) is 17.1. The van der Waals surface area contributed by atoms with Gasteiger partial charge in [-0.05, 0) is 64.4 Å². The Kier molecular flexibility index (Phi) is 12.8. The summed E-state index contributed by atoms with van der Waals surface area (Å²) in [5, 5.41) is 0. The predicted octanol–water partition coefficient (Wildman–Crippen LogP) is 7.57. The summed E-state index contributed by atoms with van der Waals surface area (Å²) in [5.74, 6) is -2.05. The van der Waals surface area contributed by atoms with Crippen molar-refractivity contribution < 1.29 is 45.4 Å². The lowest BCUT2D eigenvalue weighted by Gasteiger charge is -2.29. The third-order valence-corrected chi connectivity index (χ3v) is 10.2. The van der Waals surface area contributed by atoms with E-state index in [0.717, 1.165) is 11.6 Å². The maximum absolute atomic E-state index is 15.5. The van der Waals surface area contributed by atoms with Gasteiger partial charge in [0, 0.05) is 25.6 Å². The van der Waals surface area contributed by atoms with E-state index in [1.54, 1.807) is 41.7 Å². The Morgan fingerprint density at radius 3 is 2.12 bits per heavy atom. The van der Waals surface area contributed by atoms with Crippen LogP contribution >= 0.6 is 15.4 Å². The second-order valence-corrected chi connectivity index (χ2v) is 12.9. The van der Waals surface area contributed by atoms with Gasteiger partial charge in [0.25, 0.3) is 5.91 Å². The number of phosphoric acid groups is 1. The topological polar surface area (TPSA) is 127 Å². The van der Waals surface area contributed by atoms with Crippen LogP contribution in [0.4, 0.5) is 4.39 Å². The van der Waals surface area contributed by atoms with Gasteiger partial charge in [0.15, 0.2) is 5.85 Å². The average molecular weight is 641 g/mol. The quantitative estimate of drug-likeness (QED) is 0.136. The van der Waals surface area contributed by atoms with Gasteiger partial charge in [0.05, 0.1) is 37.7 Å². The van der Waals surface area contributed by atoms with Crippen LogP contribution in [0.5, 0.6) is 0 Å². The fourth-order valence-electron chi connectivity index (χ4n) is 4.17. The molecular formula is C29H39FN2O9P2. The molecule has 0 aliphatic carbocycles. The van der Waals surface area contributed by atoms with Gasteiger partial charge < -0.3 is 18.4 Å². The molecule has 0 spiro atoms. The fraction of sp³-hybridized carbons (Fsp3) is 0.448.